The summed E-state index contributed by atoms with van der Waals surface area (Å²) in [4.78, 5) is 1.37. The number of rotatable bonds is 7. The molecule has 16 heavy (non-hydrogen) atoms. The second-order valence-corrected chi connectivity index (χ2v) is 5.40. The van der Waals surface area contributed by atoms with Gasteiger partial charge in [-0.2, -0.15) is 0 Å². The fourth-order valence-electron chi connectivity index (χ4n) is 1.55. The van der Waals surface area contributed by atoms with E-state index in [2.05, 4.69) is 36.2 Å². The van der Waals surface area contributed by atoms with Gasteiger partial charge in [-0.05, 0) is 37.0 Å². The largest absolute Gasteiger partial charge is 0.310 e. The van der Waals surface area contributed by atoms with Crippen LogP contribution in [-0.4, -0.2) is 11.8 Å². The lowest BCUT2D eigenvalue weighted by atomic mass is 10.2. The molecular formula is C14H19NS. The monoisotopic (exact) mass is 233 g/mol. The first-order valence-corrected chi connectivity index (χ1v) is 6.93. The highest BCUT2D eigenvalue weighted by Gasteiger charge is 2.19. The summed E-state index contributed by atoms with van der Waals surface area (Å²) in [5.74, 6) is 1.13. The van der Waals surface area contributed by atoms with Gasteiger partial charge < -0.3 is 5.32 Å². The zero-order valence-corrected chi connectivity index (χ0v) is 10.4. The van der Waals surface area contributed by atoms with Gasteiger partial charge in [-0.15, -0.1) is 18.3 Å². The van der Waals surface area contributed by atoms with Crippen LogP contribution in [0.4, 0.5) is 0 Å². The molecule has 0 bridgehead atoms. The minimum absolute atomic E-state index is 0.789. The fraction of sp³-hybridized carbons (Fsp3) is 0.429. The topological polar surface area (TPSA) is 12.0 Å². The van der Waals surface area contributed by atoms with Crippen LogP contribution in [0.1, 0.15) is 24.8 Å². The maximum Gasteiger partial charge on any atom is 0.0208 e. The molecule has 1 aliphatic rings. The molecule has 0 heterocycles. The van der Waals surface area contributed by atoms with Crippen molar-refractivity contribution in [2.75, 3.05) is 5.75 Å². The summed E-state index contributed by atoms with van der Waals surface area (Å²) in [6.45, 7) is 4.76. The predicted octanol–water partition coefficient (Wildman–Crippen LogP) is 3.61. The minimum atomic E-state index is 0.789. The molecule has 1 aliphatic carbocycles. The number of hydrogen-bond acceptors (Lipinski definition) is 2. The van der Waals surface area contributed by atoms with Crippen molar-refractivity contribution in [2.45, 2.75) is 36.7 Å². The molecular weight excluding hydrogens is 214 g/mol. The standard InChI is InChI=1S/C14H19NS/c1-2-3-9-16-14-6-4-5-12(10-14)11-15-13-7-8-13/h2,4-6,10,13,15H,1,3,7-9,11H2. The zero-order chi connectivity index (χ0) is 11.2. The summed E-state index contributed by atoms with van der Waals surface area (Å²) >= 11 is 1.91. The molecule has 0 amide bonds. The lowest BCUT2D eigenvalue weighted by Gasteiger charge is -2.05. The summed E-state index contributed by atoms with van der Waals surface area (Å²) in [5.41, 5.74) is 1.40. The van der Waals surface area contributed by atoms with Gasteiger partial charge in [-0.3, -0.25) is 0 Å². The summed E-state index contributed by atoms with van der Waals surface area (Å²) in [6, 6.07) is 9.63. The Morgan fingerprint density at radius 1 is 1.44 bits per heavy atom. The number of hydrogen-bond donors (Lipinski definition) is 1. The molecule has 1 N–H and O–H groups in total. The Morgan fingerprint density at radius 3 is 3.06 bits per heavy atom. The Hall–Kier alpha value is -0.730. The zero-order valence-electron chi connectivity index (χ0n) is 9.61. The van der Waals surface area contributed by atoms with Gasteiger partial charge in [0.2, 0.25) is 0 Å². The van der Waals surface area contributed by atoms with Crippen molar-refractivity contribution < 1.29 is 0 Å². The lowest BCUT2D eigenvalue weighted by Crippen LogP contribution is -2.15. The summed E-state index contributed by atoms with van der Waals surface area (Å²) in [6.07, 6.45) is 5.77. The first-order chi connectivity index (χ1) is 7.88. The minimum Gasteiger partial charge on any atom is -0.310 e. The van der Waals surface area contributed by atoms with E-state index in [-0.39, 0.29) is 0 Å². The smallest absolute Gasteiger partial charge is 0.0208 e. The maximum atomic E-state index is 3.74. The summed E-state index contributed by atoms with van der Waals surface area (Å²) in [5, 5.41) is 3.54. The summed E-state index contributed by atoms with van der Waals surface area (Å²) < 4.78 is 0. The third kappa shape index (κ3) is 4.03. The van der Waals surface area contributed by atoms with Gasteiger partial charge in [0.1, 0.15) is 0 Å². The third-order valence-corrected chi connectivity index (χ3v) is 3.69. The van der Waals surface area contributed by atoms with E-state index >= 15 is 0 Å². The van der Waals surface area contributed by atoms with Crippen LogP contribution in [0, 0.1) is 0 Å². The van der Waals surface area contributed by atoms with Crippen LogP contribution in [0.15, 0.2) is 41.8 Å². The van der Waals surface area contributed by atoms with E-state index in [0.717, 1.165) is 24.8 Å². The molecule has 0 aliphatic heterocycles. The van der Waals surface area contributed by atoms with Gasteiger partial charge in [0, 0.05) is 23.2 Å². The quantitative estimate of drug-likeness (QED) is 0.439. The van der Waals surface area contributed by atoms with Crippen LogP contribution < -0.4 is 5.32 Å². The highest BCUT2D eigenvalue weighted by Crippen LogP contribution is 2.22. The average molecular weight is 233 g/mol. The Kier molecular flexibility index (Phi) is 4.49. The van der Waals surface area contributed by atoms with E-state index in [1.807, 2.05) is 17.8 Å². The van der Waals surface area contributed by atoms with E-state index in [1.165, 1.54) is 23.3 Å². The van der Waals surface area contributed by atoms with E-state index in [9.17, 15) is 0 Å². The fourth-order valence-corrected chi connectivity index (χ4v) is 2.48. The van der Waals surface area contributed by atoms with Crippen molar-refractivity contribution in [1.29, 1.82) is 0 Å². The van der Waals surface area contributed by atoms with Crippen LogP contribution >= 0.6 is 11.8 Å². The Morgan fingerprint density at radius 2 is 2.31 bits per heavy atom. The second-order valence-electron chi connectivity index (χ2n) is 4.23. The van der Waals surface area contributed by atoms with Gasteiger partial charge in [0.05, 0.1) is 0 Å². The average Bonchev–Trinajstić information content (AvgIpc) is 3.11. The SMILES string of the molecule is C=CCCSc1cccc(CNC2CC2)c1. The lowest BCUT2D eigenvalue weighted by molar-refractivity contribution is 0.687. The summed E-state index contributed by atoms with van der Waals surface area (Å²) in [7, 11) is 0. The molecule has 1 saturated carbocycles. The molecule has 1 aromatic carbocycles. The molecule has 0 aromatic heterocycles. The molecule has 86 valence electrons. The van der Waals surface area contributed by atoms with Crippen molar-refractivity contribution in [2.24, 2.45) is 0 Å². The highest BCUT2D eigenvalue weighted by atomic mass is 32.2. The third-order valence-electron chi connectivity index (χ3n) is 2.66. The number of thioether (sulfide) groups is 1. The Balaban J connectivity index is 1.82. The van der Waals surface area contributed by atoms with Crippen LogP contribution in [0.2, 0.25) is 0 Å². The number of nitrogens with one attached hydrogen (secondary N) is 1. The van der Waals surface area contributed by atoms with E-state index in [4.69, 9.17) is 0 Å². The first-order valence-electron chi connectivity index (χ1n) is 5.94. The van der Waals surface area contributed by atoms with E-state index < -0.39 is 0 Å². The molecule has 0 atom stereocenters. The van der Waals surface area contributed by atoms with E-state index in [1.54, 1.807) is 0 Å². The predicted molar refractivity (Wildman–Crippen MR) is 71.8 cm³/mol. The molecule has 2 rings (SSSR count). The van der Waals surface area contributed by atoms with Crippen molar-refractivity contribution in [3.05, 3.63) is 42.5 Å². The normalized spacial score (nSPS) is 15.0. The Bertz CT molecular complexity index is 344. The molecule has 1 fully saturated rings. The molecule has 2 heteroatoms. The molecule has 0 unspecified atom stereocenters. The highest BCUT2D eigenvalue weighted by molar-refractivity contribution is 7.99. The molecule has 0 spiro atoms. The number of benzene rings is 1. The van der Waals surface area contributed by atoms with Crippen molar-refractivity contribution in [1.82, 2.24) is 5.32 Å². The van der Waals surface area contributed by atoms with Gasteiger partial charge in [-0.25, -0.2) is 0 Å². The molecule has 0 radical (unpaired) electrons. The van der Waals surface area contributed by atoms with Gasteiger partial charge in [-0.1, -0.05) is 18.2 Å². The first kappa shape index (κ1) is 11.7. The van der Waals surface area contributed by atoms with Gasteiger partial charge in [0.15, 0.2) is 0 Å². The Labute approximate surface area is 102 Å². The van der Waals surface area contributed by atoms with Crippen molar-refractivity contribution in [3.8, 4) is 0 Å². The van der Waals surface area contributed by atoms with Crippen LogP contribution in [0.5, 0.6) is 0 Å². The van der Waals surface area contributed by atoms with Gasteiger partial charge in [0.25, 0.3) is 0 Å². The van der Waals surface area contributed by atoms with Crippen molar-refractivity contribution >= 4 is 11.8 Å². The second kappa shape index (κ2) is 6.12. The van der Waals surface area contributed by atoms with Crippen LogP contribution in [0.3, 0.4) is 0 Å². The van der Waals surface area contributed by atoms with Crippen LogP contribution in [0.25, 0.3) is 0 Å². The van der Waals surface area contributed by atoms with Crippen LogP contribution in [-0.2, 0) is 6.54 Å². The molecule has 0 saturated heterocycles. The van der Waals surface area contributed by atoms with Gasteiger partial charge >= 0.3 is 0 Å². The van der Waals surface area contributed by atoms with Crippen molar-refractivity contribution in [3.63, 3.8) is 0 Å². The molecule has 1 aromatic rings. The maximum absolute atomic E-state index is 3.74. The molecule has 1 nitrogen and oxygen atoms in total. The number of allylic oxidation sites excluding steroid dienone is 1. The van der Waals surface area contributed by atoms with E-state index in [0.29, 0.717) is 0 Å².